The number of hydrogen-bond donors (Lipinski definition) is 2. The highest BCUT2D eigenvalue weighted by molar-refractivity contribution is 7.71. The average molecular weight is 370 g/mol. The van der Waals surface area contributed by atoms with Crippen LogP contribution in [0.15, 0.2) is 30.3 Å². The number of H-pyrrole nitrogens is 1. The predicted molar refractivity (Wildman–Crippen MR) is 90.3 cm³/mol. The molecule has 25 heavy (non-hydrogen) atoms. The lowest BCUT2D eigenvalue weighted by atomic mass is 10.00. The summed E-state index contributed by atoms with van der Waals surface area (Å²) in [5.74, 6) is 0.215. The van der Waals surface area contributed by atoms with Crippen LogP contribution in [0.3, 0.4) is 0 Å². The van der Waals surface area contributed by atoms with Gasteiger partial charge in [0.1, 0.15) is 5.82 Å². The number of halogens is 3. The molecular formula is C16H17F3N4OS. The van der Waals surface area contributed by atoms with Crippen LogP contribution >= 0.6 is 12.2 Å². The minimum absolute atomic E-state index is 0.0157. The lowest BCUT2D eigenvalue weighted by molar-refractivity contribution is -0.137. The van der Waals surface area contributed by atoms with Crippen LogP contribution in [0.1, 0.15) is 23.9 Å². The Labute approximate surface area is 147 Å². The third-order valence-electron chi connectivity index (χ3n) is 3.59. The zero-order valence-electron chi connectivity index (χ0n) is 13.6. The maximum Gasteiger partial charge on any atom is 0.416 e. The summed E-state index contributed by atoms with van der Waals surface area (Å²) in [5.41, 5.74) is -0.545. The van der Waals surface area contributed by atoms with Crippen molar-refractivity contribution in [3.05, 3.63) is 52.1 Å². The van der Waals surface area contributed by atoms with Gasteiger partial charge in [0.2, 0.25) is 5.91 Å². The van der Waals surface area contributed by atoms with E-state index in [0.29, 0.717) is 17.1 Å². The molecule has 0 aliphatic heterocycles. The number of hydrogen-bond acceptors (Lipinski definition) is 3. The highest BCUT2D eigenvalue weighted by Crippen LogP contribution is 2.34. The lowest BCUT2D eigenvalue weighted by Gasteiger charge is -2.13. The smallest absolute Gasteiger partial charge is 0.351 e. The zero-order chi connectivity index (χ0) is 18.6. The number of aryl methyl sites for hydroxylation is 1. The quantitative estimate of drug-likeness (QED) is 0.626. The molecule has 1 heterocycles. The number of aromatic nitrogens is 3. The minimum atomic E-state index is -4.47. The van der Waals surface area contributed by atoms with Gasteiger partial charge in [0.25, 0.3) is 0 Å². The first-order valence-electron chi connectivity index (χ1n) is 7.44. The number of carbonyl (C=O) groups excluding carboxylic acids is 1. The molecule has 0 spiro atoms. The van der Waals surface area contributed by atoms with E-state index in [9.17, 15) is 18.0 Å². The zero-order valence-corrected chi connectivity index (χ0v) is 14.5. The van der Waals surface area contributed by atoms with E-state index in [4.69, 9.17) is 12.2 Å². The molecule has 0 saturated heterocycles. The Kier molecular flexibility index (Phi) is 5.78. The molecule has 1 aromatic carbocycles. The number of rotatable bonds is 5. The summed E-state index contributed by atoms with van der Waals surface area (Å²) in [5, 5.41) is 9.21. The van der Waals surface area contributed by atoms with Gasteiger partial charge in [-0.2, -0.15) is 18.3 Å². The highest BCUT2D eigenvalue weighted by atomic mass is 32.1. The molecule has 1 aromatic heterocycles. The number of allylic oxidation sites excluding steroid dienone is 1. The number of amides is 1. The summed E-state index contributed by atoms with van der Waals surface area (Å²) >= 11 is 5.05. The van der Waals surface area contributed by atoms with Gasteiger partial charge in [-0.25, -0.2) is 0 Å². The first kappa shape index (κ1) is 18.9. The molecule has 2 N–H and O–H groups in total. The molecule has 9 heteroatoms. The first-order chi connectivity index (χ1) is 11.7. The highest BCUT2D eigenvalue weighted by Gasteiger charge is 2.33. The van der Waals surface area contributed by atoms with Crippen LogP contribution in [-0.4, -0.2) is 27.2 Å². The molecule has 0 unspecified atom stereocenters. The van der Waals surface area contributed by atoms with E-state index in [1.807, 2.05) is 0 Å². The third-order valence-corrected chi connectivity index (χ3v) is 3.90. The van der Waals surface area contributed by atoms with Crippen LogP contribution in [0.5, 0.6) is 0 Å². The van der Waals surface area contributed by atoms with E-state index in [1.54, 1.807) is 11.5 Å². The summed E-state index contributed by atoms with van der Waals surface area (Å²) in [6, 6.07) is 5.16. The topological polar surface area (TPSA) is 62.7 Å². The molecule has 0 radical (unpaired) electrons. The molecule has 0 bridgehead atoms. The van der Waals surface area contributed by atoms with Crippen LogP contribution in [0.2, 0.25) is 0 Å². The number of nitrogens with zero attached hydrogens (tertiary/aromatic N) is 2. The molecule has 0 fully saturated rings. The summed E-state index contributed by atoms with van der Waals surface area (Å²) in [4.78, 5) is 12.0. The summed E-state index contributed by atoms with van der Waals surface area (Å²) in [7, 11) is 0. The maximum absolute atomic E-state index is 13.0. The van der Waals surface area contributed by atoms with Crippen molar-refractivity contribution < 1.29 is 18.0 Å². The van der Waals surface area contributed by atoms with Crippen molar-refractivity contribution in [2.45, 2.75) is 26.6 Å². The van der Waals surface area contributed by atoms with E-state index in [2.05, 4.69) is 15.5 Å². The van der Waals surface area contributed by atoms with Gasteiger partial charge in [-0.15, -0.1) is 0 Å². The minimum Gasteiger partial charge on any atom is -0.351 e. The molecule has 2 aromatic rings. The molecule has 5 nitrogen and oxygen atoms in total. The van der Waals surface area contributed by atoms with E-state index < -0.39 is 17.6 Å². The van der Waals surface area contributed by atoms with Crippen LogP contribution in [0.4, 0.5) is 13.2 Å². The van der Waals surface area contributed by atoms with E-state index in [-0.39, 0.29) is 17.7 Å². The third kappa shape index (κ3) is 4.79. The van der Waals surface area contributed by atoms with Gasteiger partial charge in [0, 0.05) is 19.2 Å². The van der Waals surface area contributed by atoms with Crippen LogP contribution in [-0.2, 0) is 17.5 Å². The van der Waals surface area contributed by atoms with Crippen molar-refractivity contribution in [2.75, 3.05) is 6.54 Å². The molecule has 0 aliphatic carbocycles. The largest absolute Gasteiger partial charge is 0.416 e. The number of nitrogens with one attached hydrogen (secondary N) is 2. The van der Waals surface area contributed by atoms with Crippen molar-refractivity contribution in [3.63, 3.8) is 0 Å². The summed E-state index contributed by atoms with van der Waals surface area (Å²) < 4.78 is 41.3. The summed E-state index contributed by atoms with van der Waals surface area (Å²) in [6.07, 6.45) is -3.32. The average Bonchev–Trinajstić information content (AvgIpc) is 2.86. The van der Waals surface area contributed by atoms with Crippen LogP contribution in [0, 0.1) is 11.7 Å². The molecule has 2 rings (SSSR count). The molecule has 0 saturated carbocycles. The van der Waals surface area contributed by atoms with Crippen molar-refractivity contribution in [1.29, 1.82) is 0 Å². The van der Waals surface area contributed by atoms with Gasteiger partial charge in [-0.1, -0.05) is 18.2 Å². The van der Waals surface area contributed by atoms with Gasteiger partial charge >= 0.3 is 6.18 Å². The molecule has 1 amide bonds. The van der Waals surface area contributed by atoms with Crippen molar-refractivity contribution in [2.24, 2.45) is 0 Å². The standard InChI is InChI=1S/C16H17F3N4OS/c1-10(12-5-3-4-6-13(12)16(17,18)19)9-14(24)20-7-8-23-11(2)21-22-15(23)25/h3-6,9H,7-8H2,1-2H3,(H,20,24)(H,22,25)/b10-9+. The Morgan fingerprint density at radius 3 is 2.68 bits per heavy atom. The van der Waals surface area contributed by atoms with Crippen LogP contribution < -0.4 is 5.32 Å². The molecule has 134 valence electrons. The Bertz CT molecular complexity index is 852. The molecule has 0 atom stereocenters. The fraction of sp³-hybridized carbons (Fsp3) is 0.312. The fourth-order valence-electron chi connectivity index (χ4n) is 2.35. The van der Waals surface area contributed by atoms with Crippen molar-refractivity contribution >= 4 is 23.7 Å². The number of carbonyl (C=O) groups is 1. The summed E-state index contributed by atoms with van der Waals surface area (Å²) in [6.45, 7) is 3.93. The second-order valence-corrected chi connectivity index (χ2v) is 5.78. The second kappa shape index (κ2) is 7.64. The number of benzene rings is 1. The van der Waals surface area contributed by atoms with Gasteiger partial charge in [0.15, 0.2) is 4.77 Å². The Balaban J connectivity index is 2.05. The monoisotopic (exact) mass is 370 g/mol. The van der Waals surface area contributed by atoms with E-state index in [0.717, 1.165) is 12.1 Å². The number of alkyl halides is 3. The van der Waals surface area contributed by atoms with Gasteiger partial charge in [-0.05, 0) is 43.3 Å². The first-order valence-corrected chi connectivity index (χ1v) is 7.85. The van der Waals surface area contributed by atoms with E-state index >= 15 is 0 Å². The lowest BCUT2D eigenvalue weighted by Crippen LogP contribution is -2.26. The Morgan fingerprint density at radius 2 is 2.08 bits per heavy atom. The maximum atomic E-state index is 13.0. The predicted octanol–water partition coefficient (Wildman–Crippen LogP) is 3.49. The van der Waals surface area contributed by atoms with Gasteiger partial charge in [0.05, 0.1) is 5.56 Å². The fourth-order valence-corrected chi connectivity index (χ4v) is 2.62. The van der Waals surface area contributed by atoms with Crippen molar-refractivity contribution in [1.82, 2.24) is 20.1 Å². The van der Waals surface area contributed by atoms with Crippen LogP contribution in [0.25, 0.3) is 5.57 Å². The van der Waals surface area contributed by atoms with Gasteiger partial charge in [-0.3, -0.25) is 9.89 Å². The SMILES string of the molecule is C/C(=C\C(=O)NCCn1c(C)n[nH]c1=S)c1ccccc1C(F)(F)F. The number of aromatic amines is 1. The Morgan fingerprint density at radius 1 is 1.40 bits per heavy atom. The molecule has 0 aliphatic rings. The van der Waals surface area contributed by atoms with Gasteiger partial charge < -0.3 is 9.88 Å². The normalized spacial score (nSPS) is 12.3. The van der Waals surface area contributed by atoms with Crippen molar-refractivity contribution in [3.8, 4) is 0 Å². The molecular weight excluding hydrogens is 353 g/mol. The Hall–Kier alpha value is -2.42. The second-order valence-electron chi connectivity index (χ2n) is 5.39. The van der Waals surface area contributed by atoms with E-state index in [1.165, 1.54) is 25.1 Å².